The van der Waals surface area contributed by atoms with Crippen molar-refractivity contribution >= 4 is 17.3 Å². The molecule has 2 N–H and O–H groups in total. The summed E-state index contributed by atoms with van der Waals surface area (Å²) in [5.41, 5.74) is 3.39. The molecule has 0 aliphatic carbocycles. The topological polar surface area (TPSA) is 54.0 Å². The van der Waals surface area contributed by atoms with Crippen LogP contribution in [0.3, 0.4) is 0 Å². The molecule has 3 rings (SSSR count). The minimum atomic E-state index is -1.02. The highest BCUT2D eigenvalue weighted by Gasteiger charge is 2.10. The van der Waals surface area contributed by atoms with Crippen molar-refractivity contribution in [2.75, 3.05) is 10.6 Å². The van der Waals surface area contributed by atoms with Gasteiger partial charge in [-0.05, 0) is 42.3 Å². The number of nitrogens with one attached hydrogen (secondary N) is 2. The van der Waals surface area contributed by atoms with Crippen molar-refractivity contribution in [2.45, 2.75) is 13.5 Å². The maximum atomic E-state index is 13.2. The van der Waals surface area contributed by atoms with Crippen LogP contribution in [0.4, 0.5) is 20.2 Å². The Hall–Kier alpha value is -3.28. The highest BCUT2D eigenvalue weighted by atomic mass is 19.2. The molecule has 2 aromatic carbocycles. The quantitative estimate of drug-likeness (QED) is 0.708. The van der Waals surface area contributed by atoms with Gasteiger partial charge in [-0.3, -0.25) is 9.78 Å². The monoisotopic (exact) mass is 353 g/mol. The maximum Gasteiger partial charge on any atom is 0.274 e. The van der Waals surface area contributed by atoms with Crippen molar-refractivity contribution in [3.05, 3.63) is 89.2 Å². The zero-order valence-corrected chi connectivity index (χ0v) is 14.1. The Morgan fingerprint density at radius 2 is 1.81 bits per heavy atom. The SMILES string of the molecule is Cc1ccccc1CNc1ccnc(C(=O)Nc2ccc(F)c(F)c2)c1. The first-order valence-electron chi connectivity index (χ1n) is 8.04. The fraction of sp³-hybridized carbons (Fsp3) is 0.100. The predicted octanol–water partition coefficient (Wildman–Crippen LogP) is 4.53. The Morgan fingerprint density at radius 3 is 2.58 bits per heavy atom. The summed E-state index contributed by atoms with van der Waals surface area (Å²) in [7, 11) is 0. The molecule has 0 fully saturated rings. The normalized spacial score (nSPS) is 10.4. The molecule has 6 heteroatoms. The molecule has 1 aromatic heterocycles. The molecule has 0 radical (unpaired) electrons. The summed E-state index contributed by atoms with van der Waals surface area (Å²) in [6.07, 6.45) is 1.51. The summed E-state index contributed by atoms with van der Waals surface area (Å²) in [4.78, 5) is 16.3. The van der Waals surface area contributed by atoms with E-state index in [4.69, 9.17) is 0 Å². The van der Waals surface area contributed by atoms with Gasteiger partial charge in [0.1, 0.15) is 5.69 Å². The van der Waals surface area contributed by atoms with Crippen LogP contribution in [-0.2, 0) is 6.54 Å². The number of carbonyl (C=O) groups excluding carboxylic acids is 1. The van der Waals surface area contributed by atoms with Gasteiger partial charge < -0.3 is 10.6 Å². The number of rotatable bonds is 5. The highest BCUT2D eigenvalue weighted by Crippen LogP contribution is 2.16. The number of hydrogen-bond acceptors (Lipinski definition) is 3. The average molecular weight is 353 g/mol. The molecule has 3 aromatic rings. The van der Waals surface area contributed by atoms with Gasteiger partial charge in [-0.15, -0.1) is 0 Å². The van der Waals surface area contributed by atoms with E-state index in [2.05, 4.69) is 15.6 Å². The number of nitrogens with zero attached hydrogens (tertiary/aromatic N) is 1. The fourth-order valence-electron chi connectivity index (χ4n) is 2.44. The molecule has 1 amide bonds. The van der Waals surface area contributed by atoms with Gasteiger partial charge in [-0.2, -0.15) is 0 Å². The lowest BCUT2D eigenvalue weighted by molar-refractivity contribution is 0.102. The van der Waals surface area contributed by atoms with Crippen LogP contribution in [0.25, 0.3) is 0 Å². The molecular weight excluding hydrogens is 336 g/mol. The molecule has 26 heavy (non-hydrogen) atoms. The lowest BCUT2D eigenvalue weighted by Crippen LogP contribution is -2.14. The number of halogens is 2. The highest BCUT2D eigenvalue weighted by molar-refractivity contribution is 6.03. The Balaban J connectivity index is 1.69. The Kier molecular flexibility index (Phi) is 5.22. The van der Waals surface area contributed by atoms with Gasteiger partial charge in [0.05, 0.1) is 0 Å². The standard InChI is InChI=1S/C20H17F2N3O/c1-13-4-2-3-5-14(13)12-24-15-8-9-23-19(11-15)20(26)25-16-6-7-17(21)18(22)10-16/h2-11H,12H2,1H3,(H,23,24)(H,25,26). The number of anilines is 2. The van der Waals surface area contributed by atoms with E-state index in [-0.39, 0.29) is 11.4 Å². The van der Waals surface area contributed by atoms with Gasteiger partial charge in [0.25, 0.3) is 5.91 Å². The first-order chi connectivity index (χ1) is 12.5. The van der Waals surface area contributed by atoms with Crippen LogP contribution in [0.1, 0.15) is 21.6 Å². The zero-order chi connectivity index (χ0) is 18.5. The van der Waals surface area contributed by atoms with Gasteiger partial charge in [-0.25, -0.2) is 8.78 Å². The van der Waals surface area contributed by atoms with Gasteiger partial charge >= 0.3 is 0 Å². The van der Waals surface area contributed by atoms with Crippen molar-refractivity contribution in [2.24, 2.45) is 0 Å². The maximum absolute atomic E-state index is 13.2. The van der Waals surface area contributed by atoms with Crippen LogP contribution in [0.2, 0.25) is 0 Å². The van der Waals surface area contributed by atoms with Gasteiger partial charge in [0.15, 0.2) is 11.6 Å². The molecule has 0 saturated heterocycles. The van der Waals surface area contributed by atoms with Crippen LogP contribution in [-0.4, -0.2) is 10.9 Å². The van der Waals surface area contributed by atoms with Crippen molar-refractivity contribution in [1.29, 1.82) is 0 Å². The molecule has 0 bridgehead atoms. The lowest BCUT2D eigenvalue weighted by atomic mass is 10.1. The number of benzene rings is 2. The molecular formula is C20H17F2N3O. The van der Waals surface area contributed by atoms with Crippen molar-refractivity contribution in [3.63, 3.8) is 0 Å². The Labute approximate surface area is 149 Å². The summed E-state index contributed by atoms with van der Waals surface area (Å²) in [6, 6.07) is 14.5. The predicted molar refractivity (Wildman–Crippen MR) is 97.1 cm³/mol. The van der Waals surface area contributed by atoms with Crippen LogP contribution in [0, 0.1) is 18.6 Å². The van der Waals surface area contributed by atoms with Crippen molar-refractivity contribution in [1.82, 2.24) is 4.98 Å². The second kappa shape index (κ2) is 7.74. The number of amides is 1. The van der Waals surface area contributed by atoms with E-state index in [0.29, 0.717) is 6.54 Å². The van der Waals surface area contributed by atoms with Crippen LogP contribution in [0.5, 0.6) is 0 Å². The summed E-state index contributed by atoms with van der Waals surface area (Å²) in [5.74, 6) is -2.50. The second-order valence-electron chi connectivity index (χ2n) is 5.79. The first-order valence-corrected chi connectivity index (χ1v) is 8.04. The lowest BCUT2D eigenvalue weighted by Gasteiger charge is -2.10. The third kappa shape index (κ3) is 4.22. The van der Waals surface area contributed by atoms with E-state index < -0.39 is 17.5 Å². The van der Waals surface area contributed by atoms with E-state index in [1.54, 1.807) is 12.1 Å². The largest absolute Gasteiger partial charge is 0.381 e. The minimum Gasteiger partial charge on any atom is -0.381 e. The fourth-order valence-corrected chi connectivity index (χ4v) is 2.44. The van der Waals surface area contributed by atoms with Crippen LogP contribution < -0.4 is 10.6 Å². The molecule has 4 nitrogen and oxygen atoms in total. The molecule has 1 heterocycles. The van der Waals surface area contributed by atoms with Gasteiger partial charge in [-0.1, -0.05) is 24.3 Å². The smallest absolute Gasteiger partial charge is 0.274 e. The van der Waals surface area contributed by atoms with E-state index in [0.717, 1.165) is 23.4 Å². The van der Waals surface area contributed by atoms with Crippen molar-refractivity contribution < 1.29 is 13.6 Å². The van der Waals surface area contributed by atoms with Crippen molar-refractivity contribution in [3.8, 4) is 0 Å². The first kappa shape index (κ1) is 17.5. The zero-order valence-electron chi connectivity index (χ0n) is 14.1. The number of aromatic nitrogens is 1. The Morgan fingerprint density at radius 1 is 1.00 bits per heavy atom. The molecule has 0 saturated carbocycles. The van der Waals surface area contributed by atoms with E-state index >= 15 is 0 Å². The summed E-state index contributed by atoms with van der Waals surface area (Å²) in [6.45, 7) is 2.64. The number of hydrogen-bond donors (Lipinski definition) is 2. The van der Waals surface area contributed by atoms with Crippen LogP contribution >= 0.6 is 0 Å². The summed E-state index contributed by atoms with van der Waals surface area (Å²) >= 11 is 0. The van der Waals surface area contributed by atoms with E-state index in [1.807, 2.05) is 31.2 Å². The molecule has 0 unspecified atom stereocenters. The minimum absolute atomic E-state index is 0.161. The number of aryl methyl sites for hydroxylation is 1. The molecule has 0 aliphatic heterocycles. The molecule has 0 atom stereocenters. The summed E-state index contributed by atoms with van der Waals surface area (Å²) < 4.78 is 26.2. The van der Waals surface area contributed by atoms with Gasteiger partial charge in [0, 0.05) is 30.2 Å². The van der Waals surface area contributed by atoms with E-state index in [1.165, 1.54) is 17.8 Å². The number of pyridine rings is 1. The van der Waals surface area contributed by atoms with E-state index in [9.17, 15) is 13.6 Å². The third-order valence-electron chi connectivity index (χ3n) is 3.91. The molecule has 132 valence electrons. The summed E-state index contributed by atoms with van der Waals surface area (Å²) in [5, 5.41) is 5.75. The van der Waals surface area contributed by atoms with Gasteiger partial charge in [0.2, 0.25) is 0 Å². The average Bonchev–Trinajstić information content (AvgIpc) is 2.64. The van der Waals surface area contributed by atoms with Crippen LogP contribution in [0.15, 0.2) is 60.8 Å². The second-order valence-corrected chi connectivity index (χ2v) is 5.79. The number of carbonyl (C=O) groups is 1. The molecule has 0 aliphatic rings. The third-order valence-corrected chi connectivity index (χ3v) is 3.91. The Bertz CT molecular complexity index is 944. The molecule has 0 spiro atoms.